The van der Waals surface area contributed by atoms with E-state index in [0.29, 0.717) is 0 Å². The standard InChI is InChI=1S/C17H24N2O9S2/c1-17(2,3)27-16(21)19(28-15(20)18-9-11-26-12-10-18)30(24,25)14-8-6-5-7-13(14)29(4,22)23/h5-8H,9-12H2,1-4H3. The highest BCUT2D eigenvalue weighted by Crippen LogP contribution is 2.26. The van der Waals surface area contributed by atoms with Gasteiger partial charge in [0.15, 0.2) is 9.84 Å². The Morgan fingerprint density at radius 2 is 1.57 bits per heavy atom. The Bertz CT molecular complexity index is 1010. The number of rotatable bonds is 3. The molecule has 30 heavy (non-hydrogen) atoms. The molecule has 13 heteroatoms. The van der Waals surface area contributed by atoms with E-state index in [1.807, 2.05) is 0 Å². The molecule has 0 aromatic heterocycles. The number of amides is 2. The van der Waals surface area contributed by atoms with E-state index < -0.39 is 47.4 Å². The van der Waals surface area contributed by atoms with Crippen molar-refractivity contribution >= 4 is 32.0 Å². The molecule has 1 aromatic rings. The molecule has 1 fully saturated rings. The lowest BCUT2D eigenvalue weighted by atomic mass is 10.2. The number of hydrogen-bond donors (Lipinski definition) is 0. The van der Waals surface area contributed by atoms with Crippen molar-refractivity contribution in [2.45, 2.75) is 36.2 Å². The van der Waals surface area contributed by atoms with Crippen LogP contribution in [-0.4, -0.2) is 76.6 Å². The first-order chi connectivity index (χ1) is 13.7. The highest BCUT2D eigenvalue weighted by atomic mass is 32.2. The lowest BCUT2D eigenvalue weighted by molar-refractivity contribution is -0.0653. The number of benzene rings is 1. The number of hydroxylamine groups is 1. The average molecular weight is 465 g/mol. The fourth-order valence-electron chi connectivity index (χ4n) is 2.42. The maximum atomic E-state index is 13.2. The van der Waals surface area contributed by atoms with Crippen LogP contribution >= 0.6 is 0 Å². The van der Waals surface area contributed by atoms with Gasteiger partial charge in [-0.15, -0.1) is 0 Å². The number of nitrogens with zero attached hydrogens (tertiary/aromatic N) is 2. The summed E-state index contributed by atoms with van der Waals surface area (Å²) in [6.45, 7) is 5.15. The van der Waals surface area contributed by atoms with Gasteiger partial charge in [-0.05, 0) is 37.4 Å². The molecular weight excluding hydrogens is 440 g/mol. The molecule has 0 unspecified atom stereocenters. The van der Waals surface area contributed by atoms with Crippen LogP contribution < -0.4 is 0 Å². The Balaban J connectivity index is 2.50. The summed E-state index contributed by atoms with van der Waals surface area (Å²) in [6, 6.07) is 4.66. The first-order valence-electron chi connectivity index (χ1n) is 8.85. The molecule has 11 nitrogen and oxygen atoms in total. The molecular formula is C17H24N2O9S2. The topological polar surface area (TPSA) is 137 Å². The molecule has 2 rings (SSSR count). The molecule has 0 spiro atoms. The van der Waals surface area contributed by atoms with E-state index in [2.05, 4.69) is 0 Å². The van der Waals surface area contributed by atoms with Gasteiger partial charge in [0.25, 0.3) is 0 Å². The number of ether oxygens (including phenoxy) is 2. The fourth-order valence-corrected chi connectivity index (χ4v) is 5.09. The Hall–Kier alpha value is -2.38. The Labute approximate surface area is 175 Å². The number of sulfone groups is 1. The average Bonchev–Trinajstić information content (AvgIpc) is 2.64. The summed E-state index contributed by atoms with van der Waals surface area (Å²) in [6.07, 6.45) is -1.80. The van der Waals surface area contributed by atoms with Crippen LogP contribution in [0.1, 0.15) is 20.8 Å². The maximum Gasteiger partial charge on any atom is 0.459 e. The van der Waals surface area contributed by atoms with Crippen LogP contribution in [-0.2, 0) is 34.2 Å². The van der Waals surface area contributed by atoms with Gasteiger partial charge in [0, 0.05) is 19.3 Å². The van der Waals surface area contributed by atoms with Crippen molar-refractivity contribution in [1.29, 1.82) is 0 Å². The van der Waals surface area contributed by atoms with E-state index in [4.69, 9.17) is 14.3 Å². The number of morpholine rings is 1. The van der Waals surface area contributed by atoms with Gasteiger partial charge in [-0.1, -0.05) is 12.1 Å². The summed E-state index contributed by atoms with van der Waals surface area (Å²) in [7, 11) is -8.93. The lowest BCUT2D eigenvalue weighted by Gasteiger charge is -2.29. The van der Waals surface area contributed by atoms with Crippen LogP contribution in [0.4, 0.5) is 9.59 Å². The predicted octanol–water partition coefficient (Wildman–Crippen LogP) is 1.40. The van der Waals surface area contributed by atoms with Gasteiger partial charge in [-0.3, -0.25) is 4.84 Å². The molecule has 0 saturated carbocycles. The highest BCUT2D eigenvalue weighted by Gasteiger charge is 2.40. The molecule has 2 amide bonds. The van der Waals surface area contributed by atoms with Gasteiger partial charge in [0.1, 0.15) is 10.5 Å². The van der Waals surface area contributed by atoms with Crippen molar-refractivity contribution in [1.82, 2.24) is 9.37 Å². The van der Waals surface area contributed by atoms with Crippen LogP contribution in [0.2, 0.25) is 0 Å². The number of hydrogen-bond acceptors (Lipinski definition) is 9. The first kappa shape index (κ1) is 23.9. The summed E-state index contributed by atoms with van der Waals surface area (Å²) in [4.78, 5) is 29.8. The second-order valence-electron chi connectivity index (χ2n) is 7.39. The van der Waals surface area contributed by atoms with Crippen LogP contribution in [0.15, 0.2) is 34.1 Å². The number of carbonyl (C=O) groups excluding carboxylic acids is 2. The zero-order valence-electron chi connectivity index (χ0n) is 17.0. The minimum atomic E-state index is -4.94. The summed E-state index contributed by atoms with van der Waals surface area (Å²) in [5.41, 5.74) is -1.12. The second-order valence-corrected chi connectivity index (χ2v) is 11.1. The van der Waals surface area contributed by atoms with E-state index in [1.54, 1.807) is 0 Å². The van der Waals surface area contributed by atoms with Crippen LogP contribution in [0.3, 0.4) is 0 Å². The third kappa shape index (κ3) is 5.83. The molecule has 0 atom stereocenters. The highest BCUT2D eigenvalue weighted by molar-refractivity contribution is 7.93. The molecule has 1 aliphatic heterocycles. The second kappa shape index (κ2) is 8.78. The van der Waals surface area contributed by atoms with Crippen LogP contribution in [0.5, 0.6) is 0 Å². The Morgan fingerprint density at radius 3 is 2.07 bits per heavy atom. The van der Waals surface area contributed by atoms with Crippen molar-refractivity contribution in [3.63, 3.8) is 0 Å². The summed E-state index contributed by atoms with van der Waals surface area (Å²) in [5.74, 6) is 0. The summed E-state index contributed by atoms with van der Waals surface area (Å²) >= 11 is 0. The number of sulfonamides is 1. The quantitative estimate of drug-likeness (QED) is 0.608. The summed E-state index contributed by atoms with van der Waals surface area (Å²) in [5, 5.41) is 0. The van der Waals surface area contributed by atoms with Gasteiger partial charge in [-0.2, -0.15) is 8.42 Å². The monoisotopic (exact) mass is 464 g/mol. The van der Waals surface area contributed by atoms with Crippen molar-refractivity contribution in [2.24, 2.45) is 0 Å². The maximum absolute atomic E-state index is 13.2. The van der Waals surface area contributed by atoms with E-state index in [-0.39, 0.29) is 30.8 Å². The van der Waals surface area contributed by atoms with E-state index >= 15 is 0 Å². The van der Waals surface area contributed by atoms with Gasteiger partial charge < -0.3 is 14.4 Å². The number of carbonyl (C=O) groups is 2. The smallest absolute Gasteiger partial charge is 0.441 e. The molecule has 0 radical (unpaired) electrons. The third-order valence-corrected chi connectivity index (χ3v) is 6.57. The molecule has 1 aromatic carbocycles. The van der Waals surface area contributed by atoms with Gasteiger partial charge >= 0.3 is 22.2 Å². The molecule has 1 saturated heterocycles. The molecule has 0 bridgehead atoms. The van der Waals surface area contributed by atoms with E-state index in [1.165, 1.54) is 32.9 Å². The van der Waals surface area contributed by atoms with Gasteiger partial charge in [-0.25, -0.2) is 18.0 Å². The predicted molar refractivity (Wildman–Crippen MR) is 104 cm³/mol. The largest absolute Gasteiger partial charge is 0.459 e. The first-order valence-corrected chi connectivity index (χ1v) is 12.2. The summed E-state index contributed by atoms with van der Waals surface area (Å²) < 4.78 is 60.5. The van der Waals surface area contributed by atoms with E-state index in [0.717, 1.165) is 23.3 Å². The molecule has 168 valence electrons. The van der Waals surface area contributed by atoms with Crippen molar-refractivity contribution in [3.05, 3.63) is 24.3 Å². The van der Waals surface area contributed by atoms with Gasteiger partial charge in [0.2, 0.25) is 0 Å². The minimum absolute atomic E-state index is 0.126. The molecule has 0 N–H and O–H groups in total. The van der Waals surface area contributed by atoms with Crippen molar-refractivity contribution < 1.29 is 40.7 Å². The van der Waals surface area contributed by atoms with E-state index in [9.17, 15) is 26.4 Å². The zero-order chi connectivity index (χ0) is 22.7. The molecule has 0 aliphatic carbocycles. The minimum Gasteiger partial charge on any atom is -0.441 e. The fraction of sp³-hybridized carbons (Fsp3) is 0.529. The van der Waals surface area contributed by atoms with Crippen molar-refractivity contribution in [2.75, 3.05) is 32.6 Å². The van der Waals surface area contributed by atoms with Crippen LogP contribution in [0.25, 0.3) is 0 Å². The SMILES string of the molecule is CC(C)(C)OC(=O)N(OC(=O)N1CCOCC1)S(=O)(=O)c1ccccc1S(C)(=O)=O. The van der Waals surface area contributed by atoms with Crippen LogP contribution in [0, 0.1) is 0 Å². The van der Waals surface area contributed by atoms with Crippen molar-refractivity contribution in [3.8, 4) is 0 Å². The Kier molecular flexibility index (Phi) is 6.99. The van der Waals surface area contributed by atoms with Gasteiger partial charge in [0.05, 0.1) is 18.1 Å². The molecule has 1 heterocycles. The molecule has 1 aliphatic rings. The Morgan fingerprint density at radius 1 is 1.03 bits per heavy atom. The zero-order valence-corrected chi connectivity index (χ0v) is 18.7. The third-order valence-electron chi connectivity index (χ3n) is 3.72. The normalized spacial score (nSPS) is 15.4. The lowest BCUT2D eigenvalue weighted by Crippen LogP contribution is -2.48.